The van der Waals surface area contributed by atoms with Crippen LogP contribution in [0.1, 0.15) is 38.2 Å². The summed E-state index contributed by atoms with van der Waals surface area (Å²) in [6.07, 6.45) is 8.43. The number of rotatable bonds is 7. The number of aliphatic imine (C=N–C) groups is 1. The van der Waals surface area contributed by atoms with Crippen LogP contribution in [0.3, 0.4) is 0 Å². The summed E-state index contributed by atoms with van der Waals surface area (Å²) in [5.41, 5.74) is 1.82. The Morgan fingerprint density at radius 3 is 2.89 bits per heavy atom. The molecule has 0 aliphatic heterocycles. The standard InChI is InChI=1S/C20H28N6O/c1-2-21-20(25-17-8-3-4-9-17)22-14-16-7-5-10-18(13-16)24-19(27)15-26-12-6-11-23-26/h5-7,10-13,17H,2-4,8-9,14-15H2,1H3,(H,24,27)(H2,21,22,25). The summed E-state index contributed by atoms with van der Waals surface area (Å²) in [5.74, 6) is 0.758. The van der Waals surface area contributed by atoms with E-state index >= 15 is 0 Å². The van der Waals surface area contributed by atoms with Crippen LogP contribution < -0.4 is 16.0 Å². The van der Waals surface area contributed by atoms with Gasteiger partial charge in [0.25, 0.3) is 0 Å². The lowest BCUT2D eigenvalue weighted by Crippen LogP contribution is -2.42. The fourth-order valence-corrected chi connectivity index (χ4v) is 3.24. The molecule has 1 amide bonds. The Balaban J connectivity index is 1.57. The SMILES string of the molecule is CCNC(=NCc1cccc(NC(=O)Cn2cccn2)c1)NC1CCCC1. The number of anilines is 1. The fourth-order valence-electron chi connectivity index (χ4n) is 3.24. The highest BCUT2D eigenvalue weighted by molar-refractivity contribution is 5.90. The van der Waals surface area contributed by atoms with Gasteiger partial charge in [-0.25, -0.2) is 4.99 Å². The van der Waals surface area contributed by atoms with Crippen molar-refractivity contribution in [1.82, 2.24) is 20.4 Å². The summed E-state index contributed by atoms with van der Waals surface area (Å²) < 4.78 is 1.60. The molecule has 0 saturated heterocycles. The fraction of sp³-hybridized carbons (Fsp3) is 0.450. The highest BCUT2D eigenvalue weighted by atomic mass is 16.2. The molecule has 0 spiro atoms. The van der Waals surface area contributed by atoms with Crippen LogP contribution >= 0.6 is 0 Å². The van der Waals surface area contributed by atoms with Gasteiger partial charge in [-0.2, -0.15) is 5.10 Å². The molecule has 0 bridgehead atoms. The second-order valence-corrected chi connectivity index (χ2v) is 6.77. The average molecular weight is 368 g/mol. The summed E-state index contributed by atoms with van der Waals surface area (Å²) in [7, 11) is 0. The predicted molar refractivity (Wildman–Crippen MR) is 108 cm³/mol. The van der Waals surface area contributed by atoms with Gasteiger partial charge in [-0.3, -0.25) is 9.48 Å². The molecule has 27 heavy (non-hydrogen) atoms. The molecule has 7 heteroatoms. The topological polar surface area (TPSA) is 83.3 Å². The number of amides is 1. The molecule has 1 heterocycles. The number of hydrogen-bond donors (Lipinski definition) is 3. The Bertz CT molecular complexity index is 750. The van der Waals surface area contributed by atoms with Crippen molar-refractivity contribution in [2.24, 2.45) is 4.99 Å². The molecule has 1 fully saturated rings. The number of carbonyl (C=O) groups excluding carboxylic acids is 1. The normalized spacial score (nSPS) is 14.9. The van der Waals surface area contributed by atoms with Crippen molar-refractivity contribution in [2.75, 3.05) is 11.9 Å². The number of nitrogens with one attached hydrogen (secondary N) is 3. The van der Waals surface area contributed by atoms with Crippen LogP contribution in [-0.2, 0) is 17.9 Å². The van der Waals surface area contributed by atoms with Crippen molar-refractivity contribution >= 4 is 17.6 Å². The van der Waals surface area contributed by atoms with Gasteiger partial charge in [0.15, 0.2) is 5.96 Å². The predicted octanol–water partition coefficient (Wildman–Crippen LogP) is 2.52. The van der Waals surface area contributed by atoms with Crippen LogP contribution in [0.5, 0.6) is 0 Å². The Labute approximate surface area is 160 Å². The molecule has 0 radical (unpaired) electrons. The van der Waals surface area contributed by atoms with E-state index in [1.807, 2.05) is 24.3 Å². The molecule has 0 unspecified atom stereocenters. The highest BCUT2D eigenvalue weighted by Crippen LogP contribution is 2.17. The molecular formula is C20H28N6O. The minimum absolute atomic E-state index is 0.101. The zero-order chi connectivity index (χ0) is 18.9. The Morgan fingerprint density at radius 1 is 1.30 bits per heavy atom. The number of carbonyl (C=O) groups is 1. The Morgan fingerprint density at radius 2 is 2.15 bits per heavy atom. The Hall–Kier alpha value is -2.83. The van der Waals surface area contributed by atoms with Gasteiger partial charge in [-0.05, 0) is 43.5 Å². The maximum atomic E-state index is 12.1. The van der Waals surface area contributed by atoms with E-state index in [-0.39, 0.29) is 12.5 Å². The monoisotopic (exact) mass is 368 g/mol. The van der Waals surface area contributed by atoms with Crippen LogP contribution in [0.25, 0.3) is 0 Å². The van der Waals surface area contributed by atoms with Gasteiger partial charge in [0.1, 0.15) is 6.54 Å². The first-order chi connectivity index (χ1) is 13.2. The quantitative estimate of drug-likeness (QED) is 0.518. The maximum absolute atomic E-state index is 12.1. The third-order valence-corrected chi connectivity index (χ3v) is 4.54. The molecule has 0 atom stereocenters. The number of hydrogen-bond acceptors (Lipinski definition) is 3. The van der Waals surface area contributed by atoms with Gasteiger partial charge in [0, 0.05) is 30.7 Å². The first-order valence-corrected chi connectivity index (χ1v) is 9.64. The molecule has 3 rings (SSSR count). The smallest absolute Gasteiger partial charge is 0.246 e. The lowest BCUT2D eigenvalue weighted by Gasteiger charge is -2.16. The number of guanidine groups is 1. The molecule has 1 aliphatic rings. The van der Waals surface area contributed by atoms with Crippen molar-refractivity contribution in [2.45, 2.75) is 51.7 Å². The minimum atomic E-state index is -0.101. The van der Waals surface area contributed by atoms with Crippen molar-refractivity contribution in [3.63, 3.8) is 0 Å². The van der Waals surface area contributed by atoms with E-state index in [4.69, 9.17) is 4.99 Å². The van der Waals surface area contributed by atoms with Crippen molar-refractivity contribution in [1.29, 1.82) is 0 Å². The molecule has 1 aliphatic carbocycles. The molecule has 1 aromatic heterocycles. The van der Waals surface area contributed by atoms with Crippen LogP contribution in [-0.4, -0.2) is 34.2 Å². The molecule has 2 aromatic rings. The Kier molecular flexibility index (Phi) is 6.84. The summed E-state index contributed by atoms with van der Waals surface area (Å²) in [6, 6.07) is 10.1. The van der Waals surface area contributed by atoms with Crippen LogP contribution in [0.2, 0.25) is 0 Å². The van der Waals surface area contributed by atoms with E-state index in [1.165, 1.54) is 25.7 Å². The van der Waals surface area contributed by atoms with E-state index in [9.17, 15) is 4.79 Å². The summed E-state index contributed by atoms with van der Waals surface area (Å²) in [5, 5.41) is 13.8. The zero-order valence-electron chi connectivity index (χ0n) is 15.8. The van der Waals surface area contributed by atoms with Gasteiger partial charge in [0.05, 0.1) is 6.54 Å². The second kappa shape index (κ2) is 9.75. The highest BCUT2D eigenvalue weighted by Gasteiger charge is 2.15. The molecule has 1 saturated carbocycles. The molecule has 1 aromatic carbocycles. The van der Waals surface area contributed by atoms with Gasteiger partial charge >= 0.3 is 0 Å². The largest absolute Gasteiger partial charge is 0.357 e. The summed E-state index contributed by atoms with van der Waals surface area (Å²) in [4.78, 5) is 16.8. The zero-order valence-corrected chi connectivity index (χ0v) is 15.8. The molecular weight excluding hydrogens is 340 g/mol. The number of benzene rings is 1. The first-order valence-electron chi connectivity index (χ1n) is 9.64. The van der Waals surface area contributed by atoms with Crippen molar-refractivity contribution in [3.05, 3.63) is 48.3 Å². The van der Waals surface area contributed by atoms with Gasteiger partial charge in [-0.15, -0.1) is 0 Å². The van der Waals surface area contributed by atoms with E-state index in [2.05, 4.69) is 28.0 Å². The lowest BCUT2D eigenvalue weighted by atomic mass is 10.2. The van der Waals surface area contributed by atoms with Crippen LogP contribution in [0.4, 0.5) is 5.69 Å². The van der Waals surface area contributed by atoms with Gasteiger partial charge in [0.2, 0.25) is 5.91 Å². The van der Waals surface area contributed by atoms with Crippen LogP contribution in [0.15, 0.2) is 47.7 Å². The van der Waals surface area contributed by atoms with E-state index in [1.54, 1.807) is 23.1 Å². The number of nitrogens with zero attached hydrogens (tertiary/aromatic N) is 3. The molecule has 7 nitrogen and oxygen atoms in total. The van der Waals surface area contributed by atoms with Crippen LogP contribution in [0, 0.1) is 0 Å². The lowest BCUT2D eigenvalue weighted by molar-refractivity contribution is -0.116. The molecule has 3 N–H and O–H groups in total. The first kappa shape index (κ1) is 18.9. The average Bonchev–Trinajstić information content (AvgIpc) is 3.34. The third-order valence-electron chi connectivity index (χ3n) is 4.54. The van der Waals surface area contributed by atoms with Crippen molar-refractivity contribution < 1.29 is 4.79 Å². The number of aromatic nitrogens is 2. The second-order valence-electron chi connectivity index (χ2n) is 6.77. The molecule has 144 valence electrons. The summed E-state index contributed by atoms with van der Waals surface area (Å²) in [6.45, 7) is 3.67. The van der Waals surface area contributed by atoms with E-state index in [0.29, 0.717) is 12.6 Å². The van der Waals surface area contributed by atoms with E-state index in [0.717, 1.165) is 23.8 Å². The maximum Gasteiger partial charge on any atom is 0.246 e. The van der Waals surface area contributed by atoms with Crippen molar-refractivity contribution in [3.8, 4) is 0 Å². The minimum Gasteiger partial charge on any atom is -0.357 e. The third kappa shape index (κ3) is 6.13. The van der Waals surface area contributed by atoms with Gasteiger partial charge < -0.3 is 16.0 Å². The summed E-state index contributed by atoms with van der Waals surface area (Å²) >= 11 is 0. The van der Waals surface area contributed by atoms with E-state index < -0.39 is 0 Å². The van der Waals surface area contributed by atoms with Gasteiger partial charge in [-0.1, -0.05) is 25.0 Å².